The molecule has 0 bridgehead atoms. The van der Waals surface area contributed by atoms with E-state index in [1.54, 1.807) is 24.3 Å². The topological polar surface area (TPSA) is 49.8 Å². The molecule has 1 N–H and O–H groups in total. The highest BCUT2D eigenvalue weighted by molar-refractivity contribution is 6.31. The van der Waals surface area contributed by atoms with E-state index in [-0.39, 0.29) is 0 Å². The van der Waals surface area contributed by atoms with E-state index in [9.17, 15) is 9.90 Å². The highest BCUT2D eigenvalue weighted by Crippen LogP contribution is 2.47. The van der Waals surface area contributed by atoms with Crippen LogP contribution >= 0.6 is 23.2 Å². The molecule has 2 aliphatic rings. The Morgan fingerprint density at radius 1 is 1.03 bits per heavy atom. The minimum atomic E-state index is -0.845. The third-order valence-corrected chi connectivity index (χ3v) is 6.23. The smallest absolute Gasteiger partial charge is 0.146 e. The molecule has 4 nitrogen and oxygen atoms in total. The Balaban J connectivity index is 1.69. The van der Waals surface area contributed by atoms with Gasteiger partial charge in [-0.1, -0.05) is 47.5 Å². The maximum absolute atomic E-state index is 11.9. The fraction of sp³-hybridized carbons (Fsp3) is 0.160. The van der Waals surface area contributed by atoms with Gasteiger partial charge < -0.3 is 19.5 Å². The molecule has 2 atom stereocenters. The van der Waals surface area contributed by atoms with E-state index in [4.69, 9.17) is 27.9 Å². The van der Waals surface area contributed by atoms with Gasteiger partial charge in [0.2, 0.25) is 0 Å². The fourth-order valence-corrected chi connectivity index (χ4v) is 4.59. The maximum Gasteiger partial charge on any atom is 0.146 e. The van der Waals surface area contributed by atoms with Gasteiger partial charge in [-0.25, -0.2) is 0 Å². The zero-order valence-electron chi connectivity index (χ0n) is 16.5. The molecule has 2 aliphatic heterocycles. The van der Waals surface area contributed by atoms with Crippen molar-refractivity contribution in [3.05, 3.63) is 99.0 Å². The van der Waals surface area contributed by atoms with Crippen LogP contribution in [0.15, 0.2) is 66.7 Å². The first-order chi connectivity index (χ1) is 15.0. The van der Waals surface area contributed by atoms with Crippen LogP contribution in [-0.2, 0) is 4.79 Å². The van der Waals surface area contributed by atoms with Crippen molar-refractivity contribution in [2.24, 2.45) is 0 Å². The van der Waals surface area contributed by atoms with E-state index >= 15 is 0 Å². The third-order valence-electron chi connectivity index (χ3n) is 5.74. The van der Waals surface area contributed by atoms with E-state index in [1.807, 2.05) is 47.4 Å². The first-order valence-corrected chi connectivity index (χ1v) is 10.7. The maximum atomic E-state index is 11.9. The van der Waals surface area contributed by atoms with Gasteiger partial charge in [-0.3, -0.25) is 0 Å². The average molecular weight is 452 g/mol. The monoisotopic (exact) mass is 451 g/mol. The summed E-state index contributed by atoms with van der Waals surface area (Å²) in [6, 6.07) is 18.1. The number of rotatable bonds is 4. The van der Waals surface area contributed by atoms with Crippen LogP contribution in [0.3, 0.4) is 0 Å². The van der Waals surface area contributed by atoms with Crippen molar-refractivity contribution in [2.45, 2.75) is 12.1 Å². The molecule has 0 amide bonds. The third kappa shape index (κ3) is 3.61. The highest BCUT2D eigenvalue weighted by atomic mass is 35.5. The van der Waals surface area contributed by atoms with Crippen LogP contribution in [0.25, 0.3) is 5.57 Å². The SMILES string of the molecule is O=CC1C=C(c2cccc(Cl)c2)c2cc(C(O)c3ccc(Cl)cc3)cc3c2N1CCO3. The quantitative estimate of drug-likeness (QED) is 0.547. The van der Waals surface area contributed by atoms with Gasteiger partial charge in [0.05, 0.1) is 12.2 Å². The lowest BCUT2D eigenvalue weighted by atomic mass is 9.87. The van der Waals surface area contributed by atoms with Crippen LogP contribution in [0.5, 0.6) is 5.75 Å². The molecule has 0 aromatic heterocycles. The number of anilines is 1. The molecule has 0 saturated carbocycles. The van der Waals surface area contributed by atoms with Gasteiger partial charge in [-0.2, -0.15) is 0 Å². The average Bonchev–Trinajstić information content (AvgIpc) is 2.79. The lowest BCUT2D eigenvalue weighted by Gasteiger charge is -2.40. The van der Waals surface area contributed by atoms with Crippen LogP contribution in [0.2, 0.25) is 10.0 Å². The van der Waals surface area contributed by atoms with Crippen LogP contribution in [0.1, 0.15) is 28.4 Å². The summed E-state index contributed by atoms with van der Waals surface area (Å²) in [7, 11) is 0. The van der Waals surface area contributed by atoms with E-state index in [0.29, 0.717) is 34.5 Å². The number of hydrogen-bond donors (Lipinski definition) is 1. The number of benzene rings is 3. The first-order valence-electron chi connectivity index (χ1n) is 9.99. The summed E-state index contributed by atoms with van der Waals surface area (Å²) in [5.74, 6) is 0.659. The molecule has 3 aromatic carbocycles. The Hall–Kier alpha value is -2.79. The molecule has 0 spiro atoms. The molecule has 6 heteroatoms. The number of aliphatic hydroxyl groups excluding tert-OH is 1. The van der Waals surface area contributed by atoms with Crippen molar-refractivity contribution in [3.8, 4) is 5.75 Å². The van der Waals surface area contributed by atoms with Crippen molar-refractivity contribution in [1.82, 2.24) is 0 Å². The number of hydrogen-bond acceptors (Lipinski definition) is 4. The first kappa shape index (κ1) is 20.1. The summed E-state index contributed by atoms with van der Waals surface area (Å²) in [5, 5.41) is 12.3. The van der Waals surface area contributed by atoms with Crippen molar-refractivity contribution in [3.63, 3.8) is 0 Å². The summed E-state index contributed by atoms with van der Waals surface area (Å²) in [6.07, 6.45) is 2.05. The van der Waals surface area contributed by atoms with E-state index in [0.717, 1.165) is 34.2 Å². The predicted octanol–water partition coefficient (Wildman–Crippen LogP) is 5.29. The predicted molar refractivity (Wildman–Crippen MR) is 123 cm³/mol. The number of nitrogens with zero attached hydrogens (tertiary/aromatic N) is 1. The van der Waals surface area contributed by atoms with Gasteiger partial charge in [0.1, 0.15) is 30.8 Å². The Morgan fingerprint density at radius 3 is 2.58 bits per heavy atom. The minimum Gasteiger partial charge on any atom is -0.490 e. The molecule has 0 aliphatic carbocycles. The zero-order valence-corrected chi connectivity index (χ0v) is 18.0. The second kappa shape index (κ2) is 8.04. The molecule has 2 heterocycles. The molecule has 0 saturated heterocycles. The Morgan fingerprint density at radius 2 is 1.84 bits per heavy atom. The van der Waals surface area contributed by atoms with Gasteiger partial charge in [0.15, 0.2) is 0 Å². The highest BCUT2D eigenvalue weighted by Gasteiger charge is 2.33. The van der Waals surface area contributed by atoms with Gasteiger partial charge in [-0.05, 0) is 64.7 Å². The number of carbonyl (C=O) groups excluding carboxylic acids is 1. The lowest BCUT2D eigenvalue weighted by molar-refractivity contribution is -0.108. The molecule has 156 valence electrons. The zero-order chi connectivity index (χ0) is 21.5. The van der Waals surface area contributed by atoms with Gasteiger partial charge in [0, 0.05) is 15.6 Å². The molecule has 2 unspecified atom stereocenters. The number of ether oxygens (including phenoxy) is 1. The largest absolute Gasteiger partial charge is 0.490 e. The van der Waals surface area contributed by atoms with Gasteiger partial charge in [0.25, 0.3) is 0 Å². The molecule has 0 radical (unpaired) electrons. The molecule has 3 aromatic rings. The van der Waals surface area contributed by atoms with Crippen molar-refractivity contribution < 1.29 is 14.6 Å². The second-order valence-corrected chi connectivity index (χ2v) is 8.50. The number of carbonyl (C=O) groups is 1. The molecule has 0 fully saturated rings. The standard InChI is InChI=1S/C25H19Cl2NO3/c26-18-6-4-15(5-7-18)25(30)17-11-22-21(16-2-1-3-19(27)10-16)13-20(14-29)28-8-9-31-23(12-17)24(22)28/h1-7,10-14,20,25,30H,8-9H2. The number of aliphatic hydroxyl groups is 1. The van der Waals surface area contributed by atoms with E-state index < -0.39 is 12.1 Å². The Kier molecular flexibility index (Phi) is 5.22. The Bertz CT molecular complexity index is 1190. The summed E-state index contributed by atoms with van der Waals surface area (Å²) in [5.41, 5.74) is 5.01. The van der Waals surface area contributed by atoms with Crippen LogP contribution in [0, 0.1) is 0 Å². The van der Waals surface area contributed by atoms with Crippen molar-refractivity contribution >= 4 is 40.7 Å². The lowest BCUT2D eigenvalue weighted by Crippen LogP contribution is -2.43. The molecular formula is C25H19Cl2NO3. The number of aldehydes is 1. The fourth-order valence-electron chi connectivity index (χ4n) is 4.27. The van der Waals surface area contributed by atoms with Crippen molar-refractivity contribution in [2.75, 3.05) is 18.1 Å². The van der Waals surface area contributed by atoms with Gasteiger partial charge in [-0.15, -0.1) is 0 Å². The summed E-state index contributed by atoms with van der Waals surface area (Å²) < 4.78 is 5.97. The molecule has 5 rings (SSSR count). The normalized spacial score (nSPS) is 18.0. The van der Waals surface area contributed by atoms with Crippen LogP contribution in [-0.4, -0.2) is 30.6 Å². The summed E-state index contributed by atoms with van der Waals surface area (Å²) in [6.45, 7) is 1.08. The molecule has 31 heavy (non-hydrogen) atoms. The summed E-state index contributed by atoms with van der Waals surface area (Å²) >= 11 is 12.3. The van der Waals surface area contributed by atoms with E-state index in [1.165, 1.54) is 0 Å². The van der Waals surface area contributed by atoms with E-state index in [2.05, 4.69) is 0 Å². The number of halogens is 2. The van der Waals surface area contributed by atoms with Crippen LogP contribution < -0.4 is 9.64 Å². The second-order valence-electron chi connectivity index (χ2n) is 7.63. The Labute approximate surface area is 190 Å². The minimum absolute atomic E-state index is 0.392. The van der Waals surface area contributed by atoms with Crippen molar-refractivity contribution in [1.29, 1.82) is 0 Å². The van der Waals surface area contributed by atoms with Gasteiger partial charge >= 0.3 is 0 Å². The molecular weight excluding hydrogens is 433 g/mol. The van der Waals surface area contributed by atoms with Crippen LogP contribution in [0.4, 0.5) is 5.69 Å². The summed E-state index contributed by atoms with van der Waals surface area (Å²) in [4.78, 5) is 14.0.